The second-order valence-corrected chi connectivity index (χ2v) is 7.21. The molecule has 8 nitrogen and oxygen atoms in total. The number of pyridine rings is 2. The predicted molar refractivity (Wildman–Crippen MR) is 102 cm³/mol. The molecule has 6 heterocycles. The van der Waals surface area contributed by atoms with Gasteiger partial charge in [-0.05, 0) is 18.2 Å². The van der Waals surface area contributed by atoms with Gasteiger partial charge >= 0.3 is 0 Å². The van der Waals surface area contributed by atoms with E-state index in [1.807, 2.05) is 31.7 Å². The number of aromatic nitrogens is 6. The summed E-state index contributed by atoms with van der Waals surface area (Å²) in [6.07, 6.45) is 5.59. The van der Waals surface area contributed by atoms with Crippen LogP contribution in [0.3, 0.4) is 0 Å². The highest BCUT2D eigenvalue weighted by Crippen LogP contribution is 2.33. The summed E-state index contributed by atoms with van der Waals surface area (Å²) < 4.78 is 1.78. The quantitative estimate of drug-likeness (QED) is 0.578. The van der Waals surface area contributed by atoms with Gasteiger partial charge in [0.05, 0.1) is 35.3 Å². The summed E-state index contributed by atoms with van der Waals surface area (Å²) in [5.41, 5.74) is 4.48. The maximum absolute atomic E-state index is 4.89. The van der Waals surface area contributed by atoms with Crippen molar-refractivity contribution in [3.8, 4) is 22.6 Å². The molecule has 2 saturated heterocycles. The molecule has 4 aromatic rings. The fraction of sp³-hybridized carbons (Fsp3) is 0.263. The molecule has 0 amide bonds. The molecule has 0 bridgehead atoms. The summed E-state index contributed by atoms with van der Waals surface area (Å²) >= 11 is 0. The summed E-state index contributed by atoms with van der Waals surface area (Å²) in [7, 11) is 1.90. The van der Waals surface area contributed by atoms with Gasteiger partial charge in [-0.25, -0.2) is 4.98 Å². The van der Waals surface area contributed by atoms with Gasteiger partial charge in [0.1, 0.15) is 11.5 Å². The van der Waals surface area contributed by atoms with Crippen molar-refractivity contribution in [1.82, 2.24) is 35.3 Å². The van der Waals surface area contributed by atoms with E-state index < -0.39 is 0 Å². The molecule has 4 aromatic heterocycles. The van der Waals surface area contributed by atoms with Gasteiger partial charge in [-0.2, -0.15) is 10.2 Å². The SMILES string of the molecule is Cn1cc(-c2cc3c(-c4cccc(N5CC6NC[C@H]65)n4)n[nH]c3cn2)cn1. The van der Waals surface area contributed by atoms with Crippen LogP contribution in [0.25, 0.3) is 33.5 Å². The molecule has 6 rings (SSSR count). The first kappa shape index (κ1) is 14.9. The largest absolute Gasteiger partial charge is 0.349 e. The van der Waals surface area contributed by atoms with E-state index in [1.54, 1.807) is 4.68 Å². The number of fused-ring (bicyclic) bond motifs is 2. The van der Waals surface area contributed by atoms with Gasteiger partial charge < -0.3 is 10.2 Å². The van der Waals surface area contributed by atoms with E-state index in [9.17, 15) is 0 Å². The lowest BCUT2D eigenvalue weighted by atomic mass is 9.89. The number of nitrogens with one attached hydrogen (secondary N) is 2. The summed E-state index contributed by atoms with van der Waals surface area (Å²) in [4.78, 5) is 11.8. The van der Waals surface area contributed by atoms with Gasteiger partial charge in [0.25, 0.3) is 0 Å². The Labute approximate surface area is 155 Å². The van der Waals surface area contributed by atoms with Crippen LogP contribution >= 0.6 is 0 Å². The minimum Gasteiger partial charge on any atom is -0.349 e. The Balaban J connectivity index is 1.42. The first-order valence-electron chi connectivity index (χ1n) is 9.07. The van der Waals surface area contributed by atoms with Crippen LogP contribution in [-0.4, -0.2) is 55.1 Å². The third-order valence-corrected chi connectivity index (χ3v) is 5.57. The van der Waals surface area contributed by atoms with Crippen LogP contribution in [0, 0.1) is 0 Å². The lowest BCUT2D eigenvalue weighted by Gasteiger charge is -2.56. The second-order valence-electron chi connectivity index (χ2n) is 7.21. The normalized spacial score (nSPS) is 21.0. The van der Waals surface area contributed by atoms with E-state index in [-0.39, 0.29) is 0 Å². The molecule has 0 saturated carbocycles. The summed E-state index contributed by atoms with van der Waals surface area (Å²) in [6, 6.07) is 9.42. The molecule has 0 aromatic carbocycles. The monoisotopic (exact) mass is 358 g/mol. The van der Waals surface area contributed by atoms with Crippen LogP contribution in [0.1, 0.15) is 0 Å². The van der Waals surface area contributed by atoms with Crippen molar-refractivity contribution in [3.63, 3.8) is 0 Å². The van der Waals surface area contributed by atoms with Gasteiger partial charge in [-0.1, -0.05) is 6.07 Å². The fourth-order valence-electron chi connectivity index (χ4n) is 3.91. The number of aromatic amines is 1. The molecule has 2 aliphatic rings. The van der Waals surface area contributed by atoms with Crippen molar-refractivity contribution >= 4 is 16.7 Å². The van der Waals surface area contributed by atoms with E-state index in [0.717, 1.165) is 52.5 Å². The number of anilines is 1. The van der Waals surface area contributed by atoms with Crippen molar-refractivity contribution in [2.75, 3.05) is 18.0 Å². The molecular weight excluding hydrogens is 340 g/mol. The Morgan fingerprint density at radius 1 is 1.19 bits per heavy atom. The van der Waals surface area contributed by atoms with Gasteiger partial charge in [-0.15, -0.1) is 0 Å². The van der Waals surface area contributed by atoms with Crippen molar-refractivity contribution in [1.29, 1.82) is 0 Å². The van der Waals surface area contributed by atoms with Crippen LogP contribution in [0.2, 0.25) is 0 Å². The maximum Gasteiger partial charge on any atom is 0.129 e. The average Bonchev–Trinajstić information content (AvgIpc) is 3.29. The standard InChI is InChI=1S/C19H18N8/c1-26-9-11(6-22-26)14-5-12-15(7-20-14)24-25-19(12)13-3-2-4-18(23-13)27-10-16-17(27)8-21-16/h2-7,9,16-17,21H,8,10H2,1H3,(H,24,25)/t16?,17-/m1/s1. The number of H-pyrrole nitrogens is 1. The molecule has 1 unspecified atom stereocenters. The zero-order valence-electron chi connectivity index (χ0n) is 14.8. The third-order valence-electron chi connectivity index (χ3n) is 5.57. The molecule has 134 valence electrons. The van der Waals surface area contributed by atoms with Crippen molar-refractivity contribution in [2.45, 2.75) is 12.1 Å². The lowest BCUT2D eigenvalue weighted by molar-refractivity contribution is 0.211. The average molecular weight is 358 g/mol. The smallest absolute Gasteiger partial charge is 0.129 e. The highest BCUT2D eigenvalue weighted by molar-refractivity contribution is 5.93. The van der Waals surface area contributed by atoms with Crippen LogP contribution in [0.5, 0.6) is 0 Å². The fourth-order valence-corrected chi connectivity index (χ4v) is 3.91. The van der Waals surface area contributed by atoms with E-state index >= 15 is 0 Å². The second kappa shape index (κ2) is 5.37. The Kier molecular flexibility index (Phi) is 2.96. The third kappa shape index (κ3) is 2.20. The minimum atomic E-state index is 0.588. The molecule has 2 atom stereocenters. The summed E-state index contributed by atoms with van der Waals surface area (Å²) in [5.74, 6) is 1.02. The van der Waals surface area contributed by atoms with Crippen LogP contribution in [0.15, 0.2) is 42.9 Å². The Hall–Kier alpha value is -3.26. The predicted octanol–water partition coefficient (Wildman–Crippen LogP) is 1.58. The zero-order chi connectivity index (χ0) is 18.0. The molecular formula is C19H18N8. The van der Waals surface area contributed by atoms with E-state index in [1.165, 1.54) is 0 Å². The number of nitrogens with zero attached hydrogens (tertiary/aromatic N) is 6. The first-order chi connectivity index (χ1) is 13.3. The van der Waals surface area contributed by atoms with Gasteiger partial charge in [-0.3, -0.25) is 14.8 Å². The van der Waals surface area contributed by atoms with E-state index in [4.69, 9.17) is 4.98 Å². The number of hydrogen-bond donors (Lipinski definition) is 2. The van der Waals surface area contributed by atoms with Gasteiger partial charge in [0.15, 0.2) is 0 Å². The number of piperazine rings is 1. The molecule has 0 spiro atoms. The van der Waals surface area contributed by atoms with Crippen molar-refractivity contribution < 1.29 is 0 Å². The molecule has 2 N–H and O–H groups in total. The van der Waals surface area contributed by atoms with E-state index in [2.05, 4.69) is 48.7 Å². The molecule has 2 fully saturated rings. The van der Waals surface area contributed by atoms with Crippen LogP contribution in [0.4, 0.5) is 5.82 Å². The Bertz CT molecular complexity index is 1160. The lowest BCUT2D eigenvalue weighted by Crippen LogP contribution is -2.78. The topological polar surface area (TPSA) is 87.5 Å². The van der Waals surface area contributed by atoms with Gasteiger partial charge in [0, 0.05) is 43.3 Å². The zero-order valence-corrected chi connectivity index (χ0v) is 14.8. The molecule has 2 aliphatic heterocycles. The number of rotatable bonds is 3. The maximum atomic E-state index is 4.89. The number of hydrogen-bond acceptors (Lipinski definition) is 6. The molecule has 8 heteroatoms. The Morgan fingerprint density at radius 2 is 2.15 bits per heavy atom. The summed E-state index contributed by atoms with van der Waals surface area (Å²) in [6.45, 7) is 2.07. The number of aryl methyl sites for hydroxylation is 1. The summed E-state index contributed by atoms with van der Waals surface area (Å²) in [5, 5.41) is 16.3. The highest BCUT2D eigenvalue weighted by Gasteiger charge is 2.45. The molecule has 0 aliphatic carbocycles. The van der Waals surface area contributed by atoms with Gasteiger partial charge in [0.2, 0.25) is 0 Å². The molecule has 27 heavy (non-hydrogen) atoms. The highest BCUT2D eigenvalue weighted by atomic mass is 15.4. The van der Waals surface area contributed by atoms with Crippen LogP contribution < -0.4 is 10.2 Å². The van der Waals surface area contributed by atoms with Crippen LogP contribution in [-0.2, 0) is 7.05 Å². The van der Waals surface area contributed by atoms with E-state index in [0.29, 0.717) is 12.1 Å². The molecule has 0 radical (unpaired) electrons. The minimum absolute atomic E-state index is 0.588. The van der Waals surface area contributed by atoms with Crippen molar-refractivity contribution in [3.05, 3.63) is 42.9 Å². The first-order valence-corrected chi connectivity index (χ1v) is 9.07. The van der Waals surface area contributed by atoms with Crippen molar-refractivity contribution in [2.24, 2.45) is 7.05 Å². The Morgan fingerprint density at radius 3 is 2.89 bits per heavy atom.